The summed E-state index contributed by atoms with van der Waals surface area (Å²) in [6.45, 7) is 1.98. The van der Waals surface area contributed by atoms with Crippen molar-refractivity contribution in [3.63, 3.8) is 0 Å². The first kappa shape index (κ1) is 15.7. The Kier molecular flexibility index (Phi) is 4.56. The number of ether oxygens (including phenoxy) is 1. The zero-order chi connectivity index (χ0) is 16.9. The first-order chi connectivity index (χ1) is 11.6. The number of pyridine rings is 1. The van der Waals surface area contributed by atoms with Crippen LogP contribution < -0.4 is 15.0 Å². The van der Waals surface area contributed by atoms with Gasteiger partial charge in [-0.25, -0.2) is 9.97 Å². The highest BCUT2D eigenvalue weighted by Crippen LogP contribution is 2.22. The van der Waals surface area contributed by atoms with E-state index in [1.165, 1.54) is 0 Å². The van der Waals surface area contributed by atoms with Gasteiger partial charge in [-0.1, -0.05) is 18.2 Å². The molecule has 3 aromatic rings. The third-order valence-electron chi connectivity index (χ3n) is 3.33. The van der Waals surface area contributed by atoms with Gasteiger partial charge in [0.2, 0.25) is 11.8 Å². The largest absolute Gasteiger partial charge is 0.439 e. The van der Waals surface area contributed by atoms with Gasteiger partial charge in [0.05, 0.1) is 11.9 Å². The molecule has 0 aliphatic carbocycles. The second-order valence-electron chi connectivity index (χ2n) is 5.52. The van der Waals surface area contributed by atoms with Crippen molar-refractivity contribution >= 4 is 17.5 Å². The van der Waals surface area contributed by atoms with Crippen molar-refractivity contribution in [1.29, 1.82) is 0 Å². The van der Waals surface area contributed by atoms with Crippen molar-refractivity contribution in [3.05, 3.63) is 60.4 Å². The highest BCUT2D eigenvalue weighted by molar-refractivity contribution is 5.55. The second kappa shape index (κ2) is 6.95. The van der Waals surface area contributed by atoms with E-state index in [2.05, 4.69) is 20.3 Å². The summed E-state index contributed by atoms with van der Waals surface area (Å²) in [5.41, 5.74) is 1.82. The lowest BCUT2D eigenvalue weighted by molar-refractivity contribution is 0.463. The van der Waals surface area contributed by atoms with Gasteiger partial charge < -0.3 is 15.0 Å². The number of anilines is 3. The molecule has 6 heteroatoms. The van der Waals surface area contributed by atoms with E-state index < -0.39 is 0 Å². The molecule has 0 radical (unpaired) electrons. The molecule has 0 aliphatic rings. The first-order valence-electron chi connectivity index (χ1n) is 7.59. The number of hydrogen-bond donors (Lipinski definition) is 1. The number of para-hydroxylation sites is 1. The van der Waals surface area contributed by atoms with Crippen molar-refractivity contribution < 1.29 is 4.74 Å². The van der Waals surface area contributed by atoms with Crippen LogP contribution in [0.2, 0.25) is 0 Å². The molecule has 2 aromatic heterocycles. The van der Waals surface area contributed by atoms with Gasteiger partial charge >= 0.3 is 0 Å². The molecule has 0 atom stereocenters. The molecule has 0 spiro atoms. The third kappa shape index (κ3) is 3.78. The van der Waals surface area contributed by atoms with Crippen LogP contribution >= 0.6 is 0 Å². The summed E-state index contributed by atoms with van der Waals surface area (Å²) in [4.78, 5) is 15.1. The maximum absolute atomic E-state index is 5.67. The number of aryl methyl sites for hydroxylation is 1. The predicted molar refractivity (Wildman–Crippen MR) is 95.1 cm³/mol. The highest BCUT2D eigenvalue weighted by atomic mass is 16.5. The second-order valence-corrected chi connectivity index (χ2v) is 5.52. The molecule has 0 saturated carbocycles. The van der Waals surface area contributed by atoms with E-state index in [4.69, 9.17) is 4.74 Å². The van der Waals surface area contributed by atoms with Crippen LogP contribution in [0.4, 0.5) is 17.5 Å². The van der Waals surface area contributed by atoms with E-state index >= 15 is 0 Å². The lowest BCUT2D eigenvalue weighted by atomic mass is 10.3. The Morgan fingerprint density at radius 3 is 2.42 bits per heavy atom. The number of benzene rings is 1. The molecule has 0 fully saturated rings. The van der Waals surface area contributed by atoms with Crippen LogP contribution in [0.15, 0.2) is 54.9 Å². The SMILES string of the molecule is Cc1cnc(Nc2ccc(Oc3ccccc3)nc2)nc1N(C)C. The van der Waals surface area contributed by atoms with E-state index in [9.17, 15) is 0 Å². The molecule has 122 valence electrons. The standard InChI is InChI=1S/C18H19N5O/c1-13-11-20-18(22-17(13)23(2)3)21-14-9-10-16(19-12-14)24-15-7-5-4-6-8-15/h4-12H,1-3H3,(H,20,21,22). The lowest BCUT2D eigenvalue weighted by Gasteiger charge is -2.15. The molecule has 1 N–H and O–H groups in total. The number of aromatic nitrogens is 3. The quantitative estimate of drug-likeness (QED) is 0.771. The van der Waals surface area contributed by atoms with E-state index in [1.807, 2.05) is 62.3 Å². The maximum Gasteiger partial charge on any atom is 0.229 e. The minimum Gasteiger partial charge on any atom is -0.439 e. The fraction of sp³-hybridized carbons (Fsp3) is 0.167. The normalized spacial score (nSPS) is 10.3. The zero-order valence-corrected chi connectivity index (χ0v) is 13.9. The minimum absolute atomic E-state index is 0.530. The van der Waals surface area contributed by atoms with Gasteiger partial charge in [0.15, 0.2) is 0 Å². The summed E-state index contributed by atoms with van der Waals surface area (Å²) < 4.78 is 5.67. The molecule has 0 bridgehead atoms. The van der Waals surface area contributed by atoms with Crippen LogP contribution in [0.1, 0.15) is 5.56 Å². The van der Waals surface area contributed by atoms with Crippen molar-refractivity contribution in [3.8, 4) is 11.6 Å². The molecule has 0 amide bonds. The van der Waals surface area contributed by atoms with Crippen LogP contribution in [-0.2, 0) is 0 Å². The molecule has 3 rings (SSSR count). The Morgan fingerprint density at radius 1 is 0.958 bits per heavy atom. The summed E-state index contributed by atoms with van der Waals surface area (Å²) in [5.74, 6) is 2.70. The Morgan fingerprint density at radius 2 is 1.75 bits per heavy atom. The van der Waals surface area contributed by atoms with Gasteiger partial charge in [-0.15, -0.1) is 0 Å². The average Bonchev–Trinajstić information content (AvgIpc) is 2.59. The first-order valence-corrected chi connectivity index (χ1v) is 7.59. The van der Waals surface area contributed by atoms with Crippen molar-refractivity contribution in [1.82, 2.24) is 15.0 Å². The topological polar surface area (TPSA) is 63.2 Å². The lowest BCUT2D eigenvalue weighted by Crippen LogP contribution is -2.13. The van der Waals surface area contributed by atoms with Crippen LogP contribution in [0.5, 0.6) is 11.6 Å². The monoisotopic (exact) mass is 321 g/mol. The Hall–Kier alpha value is -3.15. The molecule has 24 heavy (non-hydrogen) atoms. The molecule has 2 heterocycles. The number of nitrogens with zero attached hydrogens (tertiary/aromatic N) is 4. The molecular weight excluding hydrogens is 302 g/mol. The van der Waals surface area contributed by atoms with Gasteiger partial charge in [0, 0.05) is 31.9 Å². The summed E-state index contributed by atoms with van der Waals surface area (Å²) in [7, 11) is 3.91. The smallest absolute Gasteiger partial charge is 0.229 e. The molecule has 0 saturated heterocycles. The van der Waals surface area contributed by atoms with E-state index in [1.54, 1.807) is 18.5 Å². The summed E-state index contributed by atoms with van der Waals surface area (Å²) in [6, 6.07) is 13.2. The van der Waals surface area contributed by atoms with Crippen LogP contribution in [0.25, 0.3) is 0 Å². The molecule has 6 nitrogen and oxygen atoms in total. The minimum atomic E-state index is 0.530. The van der Waals surface area contributed by atoms with Crippen LogP contribution in [-0.4, -0.2) is 29.0 Å². The van der Waals surface area contributed by atoms with Crippen molar-refractivity contribution in [2.75, 3.05) is 24.3 Å². The molecule has 1 aromatic carbocycles. The van der Waals surface area contributed by atoms with Gasteiger partial charge in [0.1, 0.15) is 11.6 Å². The summed E-state index contributed by atoms with van der Waals surface area (Å²) >= 11 is 0. The van der Waals surface area contributed by atoms with Gasteiger partial charge in [-0.05, 0) is 25.1 Å². The van der Waals surface area contributed by atoms with Crippen molar-refractivity contribution in [2.45, 2.75) is 6.92 Å². The number of hydrogen-bond acceptors (Lipinski definition) is 6. The zero-order valence-electron chi connectivity index (χ0n) is 13.9. The fourth-order valence-corrected chi connectivity index (χ4v) is 2.20. The van der Waals surface area contributed by atoms with E-state index in [0.717, 1.165) is 22.8 Å². The fourth-order valence-electron chi connectivity index (χ4n) is 2.20. The van der Waals surface area contributed by atoms with E-state index in [-0.39, 0.29) is 0 Å². The summed E-state index contributed by atoms with van der Waals surface area (Å²) in [5, 5.41) is 3.15. The Labute approximate surface area is 141 Å². The Balaban J connectivity index is 1.71. The van der Waals surface area contributed by atoms with Crippen LogP contribution in [0, 0.1) is 6.92 Å². The number of rotatable bonds is 5. The molecular formula is C18H19N5O. The van der Waals surface area contributed by atoms with Gasteiger partial charge in [0.25, 0.3) is 0 Å². The number of nitrogens with one attached hydrogen (secondary N) is 1. The van der Waals surface area contributed by atoms with E-state index in [0.29, 0.717) is 11.8 Å². The van der Waals surface area contributed by atoms with Crippen molar-refractivity contribution in [2.24, 2.45) is 0 Å². The maximum atomic E-state index is 5.67. The molecule has 0 aliphatic heterocycles. The van der Waals surface area contributed by atoms with Gasteiger partial charge in [-0.3, -0.25) is 0 Å². The average molecular weight is 321 g/mol. The third-order valence-corrected chi connectivity index (χ3v) is 3.33. The predicted octanol–water partition coefficient (Wildman–Crippen LogP) is 3.78. The summed E-state index contributed by atoms with van der Waals surface area (Å²) in [6.07, 6.45) is 3.49. The van der Waals surface area contributed by atoms with Gasteiger partial charge in [-0.2, -0.15) is 4.98 Å². The molecule has 0 unspecified atom stereocenters. The van der Waals surface area contributed by atoms with Crippen LogP contribution in [0.3, 0.4) is 0 Å². The Bertz CT molecular complexity index is 803. The highest BCUT2D eigenvalue weighted by Gasteiger charge is 2.06.